The van der Waals surface area contributed by atoms with Crippen molar-refractivity contribution in [1.29, 1.82) is 0 Å². The fourth-order valence-corrected chi connectivity index (χ4v) is 4.77. The van der Waals surface area contributed by atoms with Gasteiger partial charge in [0.15, 0.2) is 15.6 Å². The van der Waals surface area contributed by atoms with Crippen LogP contribution in [0.15, 0.2) is 51.8 Å². The predicted molar refractivity (Wildman–Crippen MR) is 103 cm³/mol. The van der Waals surface area contributed by atoms with Crippen molar-refractivity contribution in [3.63, 3.8) is 0 Å². The molecule has 0 unspecified atom stereocenters. The van der Waals surface area contributed by atoms with Gasteiger partial charge in [0.1, 0.15) is 0 Å². The van der Waals surface area contributed by atoms with Crippen LogP contribution in [-0.2, 0) is 21.8 Å². The maximum atomic E-state index is 13.5. The molecule has 1 aliphatic rings. The summed E-state index contributed by atoms with van der Waals surface area (Å²) >= 11 is 3.21. The zero-order chi connectivity index (χ0) is 20.5. The van der Waals surface area contributed by atoms with E-state index in [2.05, 4.69) is 15.9 Å². The average Bonchev–Trinajstić information content (AvgIpc) is 2.57. The molecule has 0 radical (unpaired) electrons. The average molecular weight is 475 g/mol. The highest BCUT2D eigenvalue weighted by Gasteiger charge is 2.36. The highest BCUT2D eigenvalue weighted by atomic mass is 79.9. The van der Waals surface area contributed by atoms with E-state index in [0.29, 0.717) is 4.47 Å². The van der Waals surface area contributed by atoms with Crippen LogP contribution in [0.2, 0.25) is 0 Å². The molecular formula is C20H18BrF3O3S. The van der Waals surface area contributed by atoms with Crippen molar-refractivity contribution < 1.29 is 26.4 Å². The van der Waals surface area contributed by atoms with Gasteiger partial charge in [-0.25, -0.2) is 8.42 Å². The summed E-state index contributed by atoms with van der Waals surface area (Å²) < 4.78 is 66.3. The van der Waals surface area contributed by atoms with Crippen molar-refractivity contribution in [2.45, 2.75) is 42.5 Å². The Labute approximate surface area is 170 Å². The number of halogens is 4. The first-order valence-corrected chi connectivity index (χ1v) is 11.2. The molecule has 3 nitrogen and oxygen atoms in total. The zero-order valence-corrected chi connectivity index (χ0v) is 17.2. The number of Topliss-reactive ketones (excluding diaryl/α,β-unsaturated/α-hetero) is 1. The van der Waals surface area contributed by atoms with E-state index >= 15 is 0 Å². The summed E-state index contributed by atoms with van der Waals surface area (Å²) in [5.41, 5.74) is -1.46. The van der Waals surface area contributed by atoms with Crippen LogP contribution in [0.5, 0.6) is 0 Å². The van der Waals surface area contributed by atoms with Crippen molar-refractivity contribution in [2.24, 2.45) is 5.92 Å². The SMILES string of the molecule is O=C(CC1CCC1)c1ccc(CS(=O)(=O)c2ccc(Br)cc2)cc1C(F)(F)F. The molecular weight excluding hydrogens is 457 g/mol. The fraction of sp³-hybridized carbons (Fsp3) is 0.350. The van der Waals surface area contributed by atoms with E-state index in [1.165, 1.54) is 18.2 Å². The monoisotopic (exact) mass is 474 g/mol. The third-order valence-electron chi connectivity index (χ3n) is 4.92. The molecule has 0 spiro atoms. The Kier molecular flexibility index (Phi) is 6.00. The van der Waals surface area contributed by atoms with E-state index in [-0.39, 0.29) is 28.4 Å². The van der Waals surface area contributed by atoms with Crippen molar-refractivity contribution in [3.05, 3.63) is 63.6 Å². The first-order valence-electron chi connectivity index (χ1n) is 8.78. The maximum absolute atomic E-state index is 13.5. The van der Waals surface area contributed by atoms with E-state index in [9.17, 15) is 26.4 Å². The van der Waals surface area contributed by atoms with E-state index < -0.39 is 33.1 Å². The molecule has 1 aliphatic carbocycles. The van der Waals surface area contributed by atoms with E-state index in [1.807, 2.05) is 0 Å². The number of benzene rings is 2. The molecule has 8 heteroatoms. The molecule has 3 rings (SSSR count). The quantitative estimate of drug-likeness (QED) is 0.496. The fourth-order valence-electron chi connectivity index (χ4n) is 3.17. The molecule has 0 atom stereocenters. The molecule has 1 saturated carbocycles. The van der Waals surface area contributed by atoms with Crippen LogP contribution in [-0.4, -0.2) is 14.2 Å². The van der Waals surface area contributed by atoms with Crippen LogP contribution in [0.3, 0.4) is 0 Å². The first-order chi connectivity index (χ1) is 13.1. The molecule has 2 aromatic carbocycles. The molecule has 0 aliphatic heterocycles. The van der Waals surface area contributed by atoms with Crippen molar-refractivity contribution >= 4 is 31.6 Å². The van der Waals surface area contributed by atoms with E-state index in [1.54, 1.807) is 12.1 Å². The van der Waals surface area contributed by atoms with Crippen molar-refractivity contribution in [3.8, 4) is 0 Å². The summed E-state index contributed by atoms with van der Waals surface area (Å²) in [6.07, 6.45) is -1.92. The van der Waals surface area contributed by atoms with Gasteiger partial charge in [0.25, 0.3) is 0 Å². The molecule has 0 bridgehead atoms. The van der Waals surface area contributed by atoms with E-state index in [0.717, 1.165) is 31.4 Å². The minimum Gasteiger partial charge on any atom is -0.294 e. The minimum absolute atomic E-state index is 0.00422. The second kappa shape index (κ2) is 7.99. The summed E-state index contributed by atoms with van der Waals surface area (Å²) in [5.74, 6) is -0.972. The van der Waals surface area contributed by atoms with Crippen LogP contribution in [0.4, 0.5) is 13.2 Å². The van der Waals surface area contributed by atoms with Crippen LogP contribution in [0, 0.1) is 5.92 Å². The van der Waals surface area contributed by atoms with Gasteiger partial charge in [0.2, 0.25) is 0 Å². The summed E-state index contributed by atoms with van der Waals surface area (Å²) in [5, 5.41) is 0. The van der Waals surface area contributed by atoms with Crippen LogP contribution in [0.25, 0.3) is 0 Å². The first kappa shape index (κ1) is 21.0. The lowest BCUT2D eigenvalue weighted by Gasteiger charge is -2.25. The second-order valence-electron chi connectivity index (χ2n) is 7.01. The molecule has 1 fully saturated rings. The number of hydrogen-bond acceptors (Lipinski definition) is 3. The summed E-state index contributed by atoms with van der Waals surface area (Å²) in [7, 11) is -3.81. The Balaban J connectivity index is 1.90. The molecule has 150 valence electrons. The number of ketones is 1. The van der Waals surface area contributed by atoms with Gasteiger partial charge in [0, 0.05) is 16.5 Å². The molecule has 0 N–H and O–H groups in total. The van der Waals surface area contributed by atoms with Gasteiger partial charge in [-0.05, 0) is 41.8 Å². The number of carbonyl (C=O) groups is 1. The molecule has 0 heterocycles. The Bertz CT molecular complexity index is 979. The molecule has 0 saturated heterocycles. The Morgan fingerprint density at radius 2 is 1.71 bits per heavy atom. The normalized spacial score (nSPS) is 15.3. The molecule has 28 heavy (non-hydrogen) atoms. The predicted octanol–water partition coefficient (Wildman–Crippen LogP) is 5.81. The van der Waals surface area contributed by atoms with Gasteiger partial charge >= 0.3 is 6.18 Å². The third-order valence-corrected chi connectivity index (χ3v) is 7.15. The Hall–Kier alpha value is -1.67. The Morgan fingerprint density at radius 3 is 2.25 bits per heavy atom. The molecule has 2 aromatic rings. The lowest BCUT2D eigenvalue weighted by molar-refractivity contribution is -0.138. The van der Waals surface area contributed by atoms with Gasteiger partial charge in [-0.15, -0.1) is 0 Å². The minimum atomic E-state index is -4.73. The number of sulfone groups is 1. The maximum Gasteiger partial charge on any atom is 0.417 e. The van der Waals surface area contributed by atoms with Gasteiger partial charge in [-0.2, -0.15) is 13.2 Å². The van der Waals surface area contributed by atoms with Gasteiger partial charge in [0.05, 0.1) is 16.2 Å². The number of rotatable bonds is 6. The molecule has 0 amide bonds. The summed E-state index contributed by atoms with van der Waals surface area (Å²) in [4.78, 5) is 12.4. The molecule has 0 aromatic heterocycles. The summed E-state index contributed by atoms with van der Waals surface area (Å²) in [6, 6.07) is 9.06. The van der Waals surface area contributed by atoms with Gasteiger partial charge in [-0.1, -0.05) is 47.3 Å². The highest BCUT2D eigenvalue weighted by Crippen LogP contribution is 2.36. The highest BCUT2D eigenvalue weighted by molar-refractivity contribution is 9.10. The van der Waals surface area contributed by atoms with Crippen LogP contribution in [0.1, 0.15) is 47.2 Å². The zero-order valence-electron chi connectivity index (χ0n) is 14.8. The largest absolute Gasteiger partial charge is 0.417 e. The Morgan fingerprint density at radius 1 is 1.07 bits per heavy atom. The standard InChI is InChI=1S/C20H18BrF3O3S/c21-15-5-7-16(8-6-15)28(26,27)12-14-4-9-17(18(10-14)20(22,23)24)19(25)11-13-2-1-3-13/h4-10,13H,1-3,11-12H2. The second-order valence-corrected chi connectivity index (χ2v) is 9.92. The smallest absolute Gasteiger partial charge is 0.294 e. The summed E-state index contributed by atoms with van der Waals surface area (Å²) in [6.45, 7) is 0. The van der Waals surface area contributed by atoms with Gasteiger partial charge < -0.3 is 0 Å². The van der Waals surface area contributed by atoms with E-state index in [4.69, 9.17) is 0 Å². The van der Waals surface area contributed by atoms with Gasteiger partial charge in [-0.3, -0.25) is 4.79 Å². The number of hydrogen-bond donors (Lipinski definition) is 0. The van der Waals surface area contributed by atoms with Crippen LogP contribution >= 0.6 is 15.9 Å². The third kappa shape index (κ3) is 4.84. The number of carbonyl (C=O) groups excluding carboxylic acids is 1. The lowest BCUT2D eigenvalue weighted by atomic mass is 9.80. The van der Waals surface area contributed by atoms with Crippen LogP contribution < -0.4 is 0 Å². The topological polar surface area (TPSA) is 51.2 Å². The van der Waals surface area contributed by atoms with Crippen molar-refractivity contribution in [2.75, 3.05) is 0 Å². The number of alkyl halides is 3. The lowest BCUT2D eigenvalue weighted by Crippen LogP contribution is -2.19. The van der Waals surface area contributed by atoms with Crippen molar-refractivity contribution in [1.82, 2.24) is 0 Å².